The fourth-order valence-electron chi connectivity index (χ4n) is 2.42. The number of likely N-dealkylation sites (N-methyl/N-ethyl adjacent to an activating group) is 1. The molecular weight excluding hydrogens is 455 g/mol. The SMILES string of the molecule is CNC(=O)[C@@H](C)N(Cc1ccccc1Cl)C(=O)COc1ccc(Br)cc1Cl. The van der Waals surface area contributed by atoms with Gasteiger partial charge in [0.1, 0.15) is 11.8 Å². The first-order valence-electron chi connectivity index (χ1n) is 8.15. The van der Waals surface area contributed by atoms with Crippen molar-refractivity contribution in [3.05, 3.63) is 62.5 Å². The van der Waals surface area contributed by atoms with Gasteiger partial charge < -0.3 is 15.0 Å². The Labute approximate surface area is 176 Å². The van der Waals surface area contributed by atoms with E-state index in [2.05, 4.69) is 21.2 Å². The molecule has 0 aliphatic carbocycles. The maximum Gasteiger partial charge on any atom is 0.261 e. The number of carbonyl (C=O) groups excluding carboxylic acids is 2. The molecule has 0 radical (unpaired) electrons. The summed E-state index contributed by atoms with van der Waals surface area (Å²) >= 11 is 15.6. The van der Waals surface area contributed by atoms with Crippen LogP contribution in [-0.2, 0) is 16.1 Å². The summed E-state index contributed by atoms with van der Waals surface area (Å²) in [6, 6.07) is 11.6. The Kier molecular flexibility index (Phi) is 7.95. The zero-order valence-electron chi connectivity index (χ0n) is 14.8. The number of ether oxygens (including phenoxy) is 1. The summed E-state index contributed by atoms with van der Waals surface area (Å²) in [7, 11) is 1.52. The molecule has 2 rings (SSSR count). The van der Waals surface area contributed by atoms with Gasteiger partial charge in [-0.05, 0) is 36.8 Å². The molecule has 0 aromatic heterocycles. The average molecular weight is 474 g/mol. The Bertz CT molecular complexity index is 832. The van der Waals surface area contributed by atoms with Gasteiger partial charge in [-0.25, -0.2) is 0 Å². The monoisotopic (exact) mass is 472 g/mol. The molecular formula is C19H19BrCl2N2O3. The number of nitrogens with zero attached hydrogens (tertiary/aromatic N) is 1. The lowest BCUT2D eigenvalue weighted by atomic mass is 10.1. The summed E-state index contributed by atoms with van der Waals surface area (Å²) in [5, 5.41) is 3.46. The molecule has 2 amide bonds. The largest absolute Gasteiger partial charge is 0.482 e. The molecule has 0 saturated carbocycles. The van der Waals surface area contributed by atoms with Crippen LogP contribution < -0.4 is 10.1 Å². The molecule has 1 N–H and O–H groups in total. The van der Waals surface area contributed by atoms with Gasteiger partial charge in [0, 0.05) is 23.1 Å². The van der Waals surface area contributed by atoms with Crippen LogP contribution in [0.25, 0.3) is 0 Å². The van der Waals surface area contributed by atoms with Crippen LogP contribution in [0.2, 0.25) is 10.0 Å². The van der Waals surface area contributed by atoms with Crippen molar-refractivity contribution in [2.45, 2.75) is 19.5 Å². The second-order valence-corrected chi connectivity index (χ2v) is 7.50. The number of benzene rings is 2. The summed E-state index contributed by atoms with van der Waals surface area (Å²) in [6.45, 7) is 1.58. The van der Waals surface area contributed by atoms with E-state index in [0.717, 1.165) is 10.0 Å². The third-order valence-electron chi connectivity index (χ3n) is 3.96. The van der Waals surface area contributed by atoms with Crippen LogP contribution in [-0.4, -0.2) is 36.4 Å². The molecule has 2 aromatic rings. The first-order chi connectivity index (χ1) is 12.8. The van der Waals surface area contributed by atoms with Crippen LogP contribution in [0, 0.1) is 0 Å². The van der Waals surface area contributed by atoms with Crippen LogP contribution in [0.1, 0.15) is 12.5 Å². The Morgan fingerprint density at radius 1 is 1.19 bits per heavy atom. The van der Waals surface area contributed by atoms with Gasteiger partial charge >= 0.3 is 0 Å². The molecule has 8 heteroatoms. The van der Waals surface area contributed by atoms with E-state index in [1.807, 2.05) is 12.1 Å². The lowest BCUT2D eigenvalue weighted by molar-refractivity contribution is -0.142. The van der Waals surface area contributed by atoms with Crippen LogP contribution in [0.3, 0.4) is 0 Å². The van der Waals surface area contributed by atoms with Gasteiger partial charge in [-0.15, -0.1) is 0 Å². The smallest absolute Gasteiger partial charge is 0.261 e. The predicted molar refractivity (Wildman–Crippen MR) is 110 cm³/mol. The maximum atomic E-state index is 12.8. The van der Waals surface area contributed by atoms with Crippen LogP contribution in [0.15, 0.2) is 46.9 Å². The standard InChI is InChI=1S/C19H19BrCl2N2O3/c1-12(19(26)23-2)24(10-13-5-3-4-6-15(13)21)18(25)11-27-17-8-7-14(20)9-16(17)22/h3-9,12H,10-11H2,1-2H3,(H,23,26)/t12-/m1/s1. The molecule has 0 bridgehead atoms. The molecule has 27 heavy (non-hydrogen) atoms. The van der Waals surface area contributed by atoms with Gasteiger partial charge in [0.15, 0.2) is 6.61 Å². The Hall–Kier alpha value is -1.76. The average Bonchev–Trinajstić information content (AvgIpc) is 2.65. The summed E-state index contributed by atoms with van der Waals surface area (Å²) in [5.74, 6) is -0.249. The highest BCUT2D eigenvalue weighted by Crippen LogP contribution is 2.28. The summed E-state index contributed by atoms with van der Waals surface area (Å²) in [4.78, 5) is 26.3. The van der Waals surface area contributed by atoms with E-state index in [0.29, 0.717) is 15.8 Å². The second-order valence-electron chi connectivity index (χ2n) is 5.77. The van der Waals surface area contributed by atoms with Gasteiger partial charge in [0.25, 0.3) is 5.91 Å². The van der Waals surface area contributed by atoms with E-state index in [1.165, 1.54) is 11.9 Å². The van der Waals surface area contributed by atoms with Crippen molar-refractivity contribution in [1.82, 2.24) is 10.2 Å². The van der Waals surface area contributed by atoms with E-state index in [9.17, 15) is 9.59 Å². The fourth-order valence-corrected chi connectivity index (χ4v) is 3.34. The van der Waals surface area contributed by atoms with Crippen LogP contribution in [0.5, 0.6) is 5.75 Å². The van der Waals surface area contributed by atoms with Crippen LogP contribution >= 0.6 is 39.1 Å². The Morgan fingerprint density at radius 3 is 2.52 bits per heavy atom. The third kappa shape index (κ3) is 5.86. The van der Waals surface area contributed by atoms with E-state index in [-0.39, 0.29) is 25.0 Å². The minimum absolute atomic E-state index is 0.185. The maximum absolute atomic E-state index is 12.8. The van der Waals surface area contributed by atoms with Crippen LogP contribution in [0.4, 0.5) is 0 Å². The highest BCUT2D eigenvalue weighted by molar-refractivity contribution is 9.10. The zero-order chi connectivity index (χ0) is 20.0. The van der Waals surface area contributed by atoms with Gasteiger partial charge in [0.05, 0.1) is 5.02 Å². The lowest BCUT2D eigenvalue weighted by Gasteiger charge is -2.28. The van der Waals surface area contributed by atoms with Crippen molar-refractivity contribution in [3.63, 3.8) is 0 Å². The minimum Gasteiger partial charge on any atom is -0.482 e. The van der Waals surface area contributed by atoms with E-state index in [1.54, 1.807) is 37.3 Å². The first kappa shape index (κ1) is 21.5. The van der Waals surface area contributed by atoms with Crippen molar-refractivity contribution in [1.29, 1.82) is 0 Å². The normalized spacial score (nSPS) is 11.6. The van der Waals surface area contributed by atoms with Gasteiger partial charge in [-0.2, -0.15) is 0 Å². The Balaban J connectivity index is 2.17. The predicted octanol–water partition coefficient (Wildman–Crippen LogP) is 4.30. The summed E-state index contributed by atoms with van der Waals surface area (Å²) < 4.78 is 6.36. The molecule has 0 aliphatic heterocycles. The van der Waals surface area contributed by atoms with Crippen molar-refractivity contribution >= 4 is 50.9 Å². The van der Waals surface area contributed by atoms with Crippen molar-refractivity contribution in [3.8, 4) is 5.75 Å². The van der Waals surface area contributed by atoms with Gasteiger partial charge in [-0.1, -0.05) is 57.3 Å². The first-order valence-corrected chi connectivity index (χ1v) is 9.70. The number of halogens is 3. The number of hydrogen-bond donors (Lipinski definition) is 1. The quantitative estimate of drug-likeness (QED) is 0.652. The number of carbonyl (C=O) groups is 2. The van der Waals surface area contributed by atoms with Crippen molar-refractivity contribution < 1.29 is 14.3 Å². The molecule has 0 spiro atoms. The zero-order valence-corrected chi connectivity index (χ0v) is 17.9. The lowest BCUT2D eigenvalue weighted by Crippen LogP contribution is -2.48. The molecule has 5 nitrogen and oxygen atoms in total. The van der Waals surface area contributed by atoms with E-state index in [4.69, 9.17) is 27.9 Å². The molecule has 0 heterocycles. The molecule has 0 saturated heterocycles. The fraction of sp³-hybridized carbons (Fsp3) is 0.263. The topological polar surface area (TPSA) is 58.6 Å². The second kappa shape index (κ2) is 9.97. The number of rotatable bonds is 7. The van der Waals surface area contributed by atoms with E-state index >= 15 is 0 Å². The van der Waals surface area contributed by atoms with Gasteiger partial charge in [0.2, 0.25) is 5.91 Å². The molecule has 2 aromatic carbocycles. The number of nitrogens with one attached hydrogen (secondary N) is 1. The highest BCUT2D eigenvalue weighted by Gasteiger charge is 2.26. The third-order valence-corrected chi connectivity index (χ3v) is 5.11. The molecule has 0 fully saturated rings. The minimum atomic E-state index is -0.692. The number of hydrogen-bond acceptors (Lipinski definition) is 3. The van der Waals surface area contributed by atoms with Gasteiger partial charge in [-0.3, -0.25) is 9.59 Å². The van der Waals surface area contributed by atoms with Crippen molar-refractivity contribution in [2.24, 2.45) is 0 Å². The molecule has 0 unspecified atom stereocenters. The van der Waals surface area contributed by atoms with Crippen molar-refractivity contribution in [2.75, 3.05) is 13.7 Å². The molecule has 144 valence electrons. The summed E-state index contributed by atoms with van der Waals surface area (Å²) in [6.07, 6.45) is 0. The molecule has 0 aliphatic rings. The molecule has 1 atom stereocenters. The summed E-state index contributed by atoms with van der Waals surface area (Å²) in [5.41, 5.74) is 0.741. The Morgan fingerprint density at radius 2 is 1.89 bits per heavy atom. The van der Waals surface area contributed by atoms with E-state index < -0.39 is 6.04 Å². The highest BCUT2D eigenvalue weighted by atomic mass is 79.9. The number of amides is 2.